The maximum atomic E-state index is 11.2. The maximum Gasteiger partial charge on any atom is 0.277 e. The fourth-order valence-corrected chi connectivity index (χ4v) is 2.25. The van der Waals surface area contributed by atoms with E-state index in [0.29, 0.717) is 10.9 Å². The van der Waals surface area contributed by atoms with Crippen molar-refractivity contribution in [3.8, 4) is 0 Å². The number of aliphatic hydroxyl groups excluding tert-OH is 1. The Labute approximate surface area is 129 Å². The summed E-state index contributed by atoms with van der Waals surface area (Å²) in [4.78, 5) is 12.7. The van der Waals surface area contributed by atoms with Crippen LogP contribution in [0.25, 0.3) is 10.8 Å². The molecule has 0 fully saturated rings. The molecule has 0 amide bonds. The van der Waals surface area contributed by atoms with Gasteiger partial charge in [0.2, 0.25) is 0 Å². The fourth-order valence-electron chi connectivity index (χ4n) is 2.25. The summed E-state index contributed by atoms with van der Waals surface area (Å²) in [7, 11) is 3.75. The zero-order valence-electron chi connectivity index (χ0n) is 12.9. The summed E-state index contributed by atoms with van der Waals surface area (Å²) in [5.74, 6) is 0. The largest absolute Gasteiger partial charge is 0.386 e. The molecule has 0 heterocycles. The van der Waals surface area contributed by atoms with Crippen LogP contribution in [0.4, 0.5) is 5.69 Å². The lowest BCUT2D eigenvalue weighted by Crippen LogP contribution is -2.29. The topological polar surface area (TPSA) is 75.8 Å². The molecule has 2 unspecified atom stereocenters. The molecule has 0 radical (unpaired) electrons. The second kappa shape index (κ2) is 6.83. The number of hydrogen-bond donors (Lipinski definition) is 1. The molecule has 6 heteroatoms. The van der Waals surface area contributed by atoms with Gasteiger partial charge < -0.3 is 9.84 Å². The van der Waals surface area contributed by atoms with E-state index in [1.54, 1.807) is 30.3 Å². The highest BCUT2D eigenvalue weighted by Crippen LogP contribution is 2.32. The number of nitro groups is 1. The van der Waals surface area contributed by atoms with Crippen LogP contribution < -0.4 is 0 Å². The summed E-state index contributed by atoms with van der Waals surface area (Å²) in [6.07, 6.45) is -1.08. The van der Waals surface area contributed by atoms with E-state index in [1.807, 2.05) is 25.9 Å². The molecule has 2 aromatic carbocycles. The van der Waals surface area contributed by atoms with Crippen molar-refractivity contribution in [2.45, 2.75) is 19.3 Å². The van der Waals surface area contributed by atoms with E-state index in [4.69, 9.17) is 4.74 Å². The highest BCUT2D eigenvalue weighted by Gasteiger charge is 2.20. The van der Waals surface area contributed by atoms with Gasteiger partial charge in [-0.1, -0.05) is 30.3 Å². The van der Waals surface area contributed by atoms with Gasteiger partial charge in [0.15, 0.2) is 0 Å². The number of hydrogen-bond acceptors (Lipinski definition) is 5. The number of non-ortho nitro benzene ring substituents is 1. The van der Waals surface area contributed by atoms with Crippen LogP contribution in [-0.4, -0.2) is 41.9 Å². The van der Waals surface area contributed by atoms with Crippen molar-refractivity contribution in [1.29, 1.82) is 0 Å². The predicted octanol–water partition coefficient (Wildman–Crippen LogP) is 2.71. The third-order valence-electron chi connectivity index (χ3n) is 3.69. The van der Waals surface area contributed by atoms with Gasteiger partial charge in [-0.15, -0.1) is 0 Å². The monoisotopic (exact) mass is 304 g/mol. The average molecular weight is 304 g/mol. The highest BCUT2D eigenvalue weighted by molar-refractivity contribution is 5.94. The van der Waals surface area contributed by atoms with E-state index in [-0.39, 0.29) is 18.5 Å². The van der Waals surface area contributed by atoms with Gasteiger partial charge in [-0.25, -0.2) is 0 Å². The van der Waals surface area contributed by atoms with Crippen LogP contribution in [0.5, 0.6) is 0 Å². The quantitative estimate of drug-likeness (QED) is 0.504. The molecule has 0 aliphatic heterocycles. The van der Waals surface area contributed by atoms with Crippen LogP contribution in [-0.2, 0) is 4.74 Å². The van der Waals surface area contributed by atoms with Crippen LogP contribution in [0.2, 0.25) is 0 Å². The van der Waals surface area contributed by atoms with E-state index in [9.17, 15) is 15.2 Å². The summed E-state index contributed by atoms with van der Waals surface area (Å²) in [5.41, 5.74) is 0.503. The lowest BCUT2D eigenvalue weighted by atomic mass is 9.99. The van der Waals surface area contributed by atoms with Gasteiger partial charge in [0.1, 0.15) is 12.3 Å². The molecule has 0 saturated carbocycles. The molecule has 2 atom stereocenters. The molecule has 2 aromatic rings. The number of ether oxygens (including phenoxy) is 1. The molecule has 6 nitrogen and oxygen atoms in total. The molecule has 0 spiro atoms. The van der Waals surface area contributed by atoms with Crippen molar-refractivity contribution in [1.82, 2.24) is 4.90 Å². The Hall–Kier alpha value is -2.02. The van der Waals surface area contributed by atoms with Gasteiger partial charge in [-0.2, -0.15) is 0 Å². The lowest BCUT2D eigenvalue weighted by molar-refractivity contribution is -0.383. The molecule has 0 aliphatic rings. The molecule has 0 aromatic heterocycles. The number of rotatable bonds is 6. The van der Waals surface area contributed by atoms with Crippen LogP contribution >= 0.6 is 0 Å². The minimum absolute atomic E-state index is 0.00666. The molecule has 22 heavy (non-hydrogen) atoms. The third kappa shape index (κ3) is 3.41. The number of nitro benzene ring substituents is 1. The van der Waals surface area contributed by atoms with E-state index < -0.39 is 11.0 Å². The first-order valence-corrected chi connectivity index (χ1v) is 7.04. The normalized spacial score (nSPS) is 14.2. The van der Waals surface area contributed by atoms with Gasteiger partial charge in [-0.3, -0.25) is 15.0 Å². The van der Waals surface area contributed by atoms with E-state index in [2.05, 4.69) is 0 Å². The minimum Gasteiger partial charge on any atom is -0.386 e. The first kappa shape index (κ1) is 16.4. The van der Waals surface area contributed by atoms with Gasteiger partial charge in [0.25, 0.3) is 5.69 Å². The summed E-state index contributed by atoms with van der Waals surface area (Å²) in [5, 5.41) is 22.8. The molecular formula is C16H20N2O4. The van der Waals surface area contributed by atoms with Gasteiger partial charge in [-0.05, 0) is 32.0 Å². The first-order chi connectivity index (χ1) is 10.4. The molecule has 0 bridgehead atoms. The molecule has 0 saturated heterocycles. The summed E-state index contributed by atoms with van der Waals surface area (Å²) in [6, 6.07) is 10.1. The van der Waals surface area contributed by atoms with Crippen molar-refractivity contribution in [2.24, 2.45) is 0 Å². The fraction of sp³-hybridized carbons (Fsp3) is 0.375. The van der Waals surface area contributed by atoms with Gasteiger partial charge in [0, 0.05) is 6.07 Å². The Kier molecular flexibility index (Phi) is 5.07. The van der Waals surface area contributed by atoms with Crippen LogP contribution in [0.15, 0.2) is 36.4 Å². The standard InChI is InChI=1S/C16H20N2O4/c1-11(17(2)3)22-10-15(19)13-8-4-6-12-7-5-9-14(16(12)13)18(20)21/h4-9,11,15,19H,10H2,1-3H3. The maximum absolute atomic E-state index is 11.2. The minimum atomic E-state index is -0.924. The highest BCUT2D eigenvalue weighted by atomic mass is 16.6. The number of nitrogens with zero attached hydrogens (tertiary/aromatic N) is 2. The summed E-state index contributed by atoms with van der Waals surface area (Å²) >= 11 is 0. The Morgan fingerprint density at radius 3 is 2.50 bits per heavy atom. The lowest BCUT2D eigenvalue weighted by Gasteiger charge is -2.22. The van der Waals surface area contributed by atoms with Crippen molar-refractivity contribution in [3.63, 3.8) is 0 Å². The van der Waals surface area contributed by atoms with Crippen LogP contribution in [0.1, 0.15) is 18.6 Å². The van der Waals surface area contributed by atoms with Crippen molar-refractivity contribution in [3.05, 3.63) is 52.1 Å². The van der Waals surface area contributed by atoms with Gasteiger partial charge >= 0.3 is 0 Å². The van der Waals surface area contributed by atoms with E-state index in [0.717, 1.165) is 5.39 Å². The number of aliphatic hydroxyl groups is 1. The smallest absolute Gasteiger partial charge is 0.277 e. The second-order valence-electron chi connectivity index (χ2n) is 5.39. The molecule has 1 N–H and O–H groups in total. The SMILES string of the molecule is CC(OCC(O)c1cccc2cccc([N+](=O)[O-])c12)N(C)C. The van der Waals surface area contributed by atoms with Gasteiger partial charge in [0.05, 0.1) is 16.9 Å². The Morgan fingerprint density at radius 1 is 1.27 bits per heavy atom. The third-order valence-corrected chi connectivity index (χ3v) is 3.69. The van der Waals surface area contributed by atoms with Crippen molar-refractivity contribution < 1.29 is 14.8 Å². The molecular weight excluding hydrogens is 284 g/mol. The Morgan fingerprint density at radius 2 is 1.91 bits per heavy atom. The average Bonchev–Trinajstić information content (AvgIpc) is 2.50. The zero-order valence-corrected chi connectivity index (χ0v) is 12.9. The number of benzene rings is 2. The number of fused-ring (bicyclic) bond motifs is 1. The van der Waals surface area contributed by atoms with Crippen LogP contribution in [0, 0.1) is 10.1 Å². The van der Waals surface area contributed by atoms with Crippen LogP contribution in [0.3, 0.4) is 0 Å². The van der Waals surface area contributed by atoms with E-state index >= 15 is 0 Å². The first-order valence-electron chi connectivity index (χ1n) is 7.04. The van der Waals surface area contributed by atoms with E-state index in [1.165, 1.54) is 6.07 Å². The Bertz CT molecular complexity index is 667. The molecule has 2 rings (SSSR count). The Balaban J connectivity index is 2.36. The zero-order chi connectivity index (χ0) is 16.3. The summed E-state index contributed by atoms with van der Waals surface area (Å²) in [6.45, 7) is 1.95. The predicted molar refractivity (Wildman–Crippen MR) is 84.7 cm³/mol. The molecule has 0 aliphatic carbocycles. The van der Waals surface area contributed by atoms with Crippen molar-refractivity contribution in [2.75, 3.05) is 20.7 Å². The van der Waals surface area contributed by atoms with Crippen molar-refractivity contribution >= 4 is 16.5 Å². The molecule has 118 valence electrons. The second-order valence-corrected chi connectivity index (χ2v) is 5.39. The summed E-state index contributed by atoms with van der Waals surface area (Å²) < 4.78 is 5.57.